The van der Waals surface area contributed by atoms with E-state index in [0.717, 1.165) is 13.0 Å². The molecular weight excluding hydrogens is 350 g/mol. The summed E-state index contributed by atoms with van der Waals surface area (Å²) in [5.41, 5.74) is 0. The van der Waals surface area contributed by atoms with E-state index in [1.807, 2.05) is 0 Å². The molecule has 158 valence electrons. The second-order valence-corrected chi connectivity index (χ2v) is 9.76. The molecule has 1 unspecified atom stereocenters. The SMILES string of the molecule is CCCCCCCCCCCCCC[N+](C)(C)CC(CS(=O)(=O)[O-])OC. The summed E-state index contributed by atoms with van der Waals surface area (Å²) in [5, 5.41) is 0. The first-order valence-electron chi connectivity index (χ1n) is 10.5. The predicted octanol–water partition coefficient (Wildman–Crippen LogP) is 4.32. The van der Waals surface area contributed by atoms with Crippen LogP contribution < -0.4 is 0 Å². The molecule has 0 bridgehead atoms. The van der Waals surface area contributed by atoms with Gasteiger partial charge in [-0.1, -0.05) is 71.1 Å². The van der Waals surface area contributed by atoms with Gasteiger partial charge in [-0.3, -0.25) is 0 Å². The van der Waals surface area contributed by atoms with E-state index in [2.05, 4.69) is 21.0 Å². The lowest BCUT2D eigenvalue weighted by Crippen LogP contribution is -2.48. The van der Waals surface area contributed by atoms with Crippen molar-refractivity contribution in [1.29, 1.82) is 0 Å². The monoisotopic (exact) mass is 393 g/mol. The number of unbranched alkanes of at least 4 members (excludes halogenated alkanes) is 11. The molecule has 6 heteroatoms. The van der Waals surface area contributed by atoms with Crippen LogP contribution in [0.4, 0.5) is 0 Å². The molecule has 0 saturated carbocycles. The van der Waals surface area contributed by atoms with Gasteiger partial charge in [0.25, 0.3) is 0 Å². The summed E-state index contributed by atoms with van der Waals surface area (Å²) in [7, 11) is 1.37. The van der Waals surface area contributed by atoms with E-state index >= 15 is 0 Å². The summed E-state index contributed by atoms with van der Waals surface area (Å²) >= 11 is 0. The van der Waals surface area contributed by atoms with E-state index in [-0.39, 0.29) is 0 Å². The number of hydrogen-bond acceptors (Lipinski definition) is 4. The zero-order valence-corrected chi connectivity index (χ0v) is 18.5. The first-order valence-corrected chi connectivity index (χ1v) is 12.1. The summed E-state index contributed by atoms with van der Waals surface area (Å²) in [4.78, 5) is 0. The average molecular weight is 394 g/mol. The van der Waals surface area contributed by atoms with Crippen LogP contribution in [0.25, 0.3) is 0 Å². The maximum absolute atomic E-state index is 10.9. The van der Waals surface area contributed by atoms with E-state index in [1.165, 1.54) is 77.7 Å². The Labute approximate surface area is 162 Å². The van der Waals surface area contributed by atoms with Crippen LogP contribution in [0.3, 0.4) is 0 Å². The molecule has 0 spiro atoms. The van der Waals surface area contributed by atoms with Gasteiger partial charge in [0.05, 0.1) is 36.5 Å². The van der Waals surface area contributed by atoms with Crippen molar-refractivity contribution in [3.63, 3.8) is 0 Å². The van der Waals surface area contributed by atoms with E-state index in [0.29, 0.717) is 11.0 Å². The molecule has 0 saturated heterocycles. The molecule has 0 aromatic carbocycles. The van der Waals surface area contributed by atoms with Crippen molar-refractivity contribution >= 4 is 10.1 Å². The topological polar surface area (TPSA) is 66.4 Å². The Morgan fingerprint density at radius 3 is 1.65 bits per heavy atom. The third-order valence-corrected chi connectivity index (χ3v) is 5.82. The lowest BCUT2D eigenvalue weighted by Gasteiger charge is -2.33. The fraction of sp³-hybridized carbons (Fsp3) is 1.00. The van der Waals surface area contributed by atoms with Gasteiger partial charge in [-0.25, -0.2) is 8.42 Å². The highest BCUT2D eigenvalue weighted by Crippen LogP contribution is 2.13. The standard InChI is InChI=1S/C20H43NO4S/c1-5-6-7-8-9-10-11-12-13-14-15-16-17-21(2,3)18-20(25-4)19-26(22,23)24/h20H,5-19H2,1-4H3. The van der Waals surface area contributed by atoms with Crippen molar-refractivity contribution in [3.05, 3.63) is 0 Å². The second kappa shape index (κ2) is 14.8. The van der Waals surface area contributed by atoms with Crippen LogP contribution >= 0.6 is 0 Å². The molecule has 0 N–H and O–H groups in total. The van der Waals surface area contributed by atoms with Crippen LogP contribution in [0.1, 0.15) is 84.0 Å². The Kier molecular flexibility index (Phi) is 14.7. The van der Waals surface area contributed by atoms with Gasteiger partial charge in [0.15, 0.2) is 0 Å². The molecule has 0 aliphatic heterocycles. The molecule has 1 atom stereocenters. The van der Waals surface area contributed by atoms with Crippen LogP contribution in [0.5, 0.6) is 0 Å². The minimum Gasteiger partial charge on any atom is -0.748 e. The molecule has 0 heterocycles. The predicted molar refractivity (Wildman–Crippen MR) is 108 cm³/mol. The lowest BCUT2D eigenvalue weighted by atomic mass is 10.1. The first-order chi connectivity index (χ1) is 12.2. The van der Waals surface area contributed by atoms with Crippen molar-refractivity contribution in [2.24, 2.45) is 0 Å². The molecule has 0 aliphatic rings. The van der Waals surface area contributed by atoms with E-state index in [4.69, 9.17) is 4.74 Å². The third kappa shape index (κ3) is 17.3. The number of ether oxygens (including phenoxy) is 1. The average Bonchev–Trinajstić information content (AvgIpc) is 2.53. The van der Waals surface area contributed by atoms with Crippen molar-refractivity contribution in [2.45, 2.75) is 90.1 Å². The lowest BCUT2D eigenvalue weighted by molar-refractivity contribution is -0.893. The molecule has 0 aromatic heterocycles. The van der Waals surface area contributed by atoms with E-state index in [9.17, 15) is 13.0 Å². The maximum atomic E-state index is 10.9. The van der Waals surface area contributed by atoms with Crippen molar-refractivity contribution in [2.75, 3.05) is 40.0 Å². The largest absolute Gasteiger partial charge is 0.748 e. The quantitative estimate of drug-likeness (QED) is 0.197. The van der Waals surface area contributed by atoms with Crippen molar-refractivity contribution in [3.8, 4) is 0 Å². The number of nitrogens with zero attached hydrogens (tertiary/aromatic N) is 1. The number of likely N-dealkylation sites (N-methyl/N-ethyl adjacent to an activating group) is 1. The van der Waals surface area contributed by atoms with Gasteiger partial charge >= 0.3 is 0 Å². The summed E-state index contributed by atoms with van der Waals surface area (Å²) in [5.74, 6) is -0.441. The van der Waals surface area contributed by atoms with Crippen LogP contribution in [0.15, 0.2) is 0 Å². The fourth-order valence-corrected chi connectivity index (χ4v) is 4.14. The third-order valence-electron chi connectivity index (χ3n) is 5.04. The molecule has 0 fully saturated rings. The van der Waals surface area contributed by atoms with Crippen LogP contribution in [-0.4, -0.2) is 63.6 Å². The fourth-order valence-electron chi connectivity index (χ4n) is 3.45. The van der Waals surface area contributed by atoms with Gasteiger partial charge in [0, 0.05) is 7.11 Å². The number of rotatable bonds is 18. The van der Waals surface area contributed by atoms with Crippen molar-refractivity contribution < 1.29 is 22.2 Å². The first kappa shape index (κ1) is 25.8. The molecule has 0 amide bonds. The highest BCUT2D eigenvalue weighted by Gasteiger charge is 2.23. The van der Waals surface area contributed by atoms with Crippen molar-refractivity contribution in [1.82, 2.24) is 0 Å². The smallest absolute Gasteiger partial charge is 0.119 e. The van der Waals surface area contributed by atoms with Gasteiger partial charge in [-0.2, -0.15) is 0 Å². The number of methoxy groups -OCH3 is 1. The van der Waals surface area contributed by atoms with E-state index in [1.54, 1.807) is 0 Å². The molecule has 0 rings (SSSR count). The summed E-state index contributed by atoms with van der Waals surface area (Å²) in [6.45, 7) is 3.79. The highest BCUT2D eigenvalue weighted by atomic mass is 32.2. The Hall–Kier alpha value is -0.170. The molecule has 0 radical (unpaired) electrons. The summed E-state index contributed by atoms with van der Waals surface area (Å²) < 4.78 is 38.6. The van der Waals surface area contributed by atoms with E-state index < -0.39 is 22.0 Å². The van der Waals surface area contributed by atoms with Gasteiger partial charge in [-0.05, 0) is 12.8 Å². The zero-order valence-electron chi connectivity index (χ0n) is 17.7. The molecule has 0 aliphatic carbocycles. The Morgan fingerprint density at radius 2 is 1.27 bits per heavy atom. The van der Waals surface area contributed by atoms with Gasteiger partial charge in [-0.15, -0.1) is 0 Å². The summed E-state index contributed by atoms with van der Waals surface area (Å²) in [6.07, 6.45) is 15.4. The molecular formula is C20H43NO4S. The minimum atomic E-state index is -4.24. The Balaban J connectivity index is 3.66. The second-order valence-electron chi connectivity index (χ2n) is 8.31. The maximum Gasteiger partial charge on any atom is 0.119 e. The molecule has 0 aromatic rings. The van der Waals surface area contributed by atoms with Crippen LogP contribution in [-0.2, 0) is 14.9 Å². The highest BCUT2D eigenvalue weighted by molar-refractivity contribution is 7.85. The van der Waals surface area contributed by atoms with Crippen LogP contribution in [0.2, 0.25) is 0 Å². The van der Waals surface area contributed by atoms with Gasteiger partial charge in [0.1, 0.15) is 12.6 Å². The minimum absolute atomic E-state index is 0.441. The number of quaternary nitrogens is 1. The van der Waals surface area contributed by atoms with Gasteiger partial charge < -0.3 is 13.8 Å². The summed E-state index contributed by atoms with van der Waals surface area (Å²) in [6, 6.07) is 0. The Bertz CT molecular complexity index is 424. The molecule has 5 nitrogen and oxygen atoms in total. The molecule has 26 heavy (non-hydrogen) atoms. The zero-order chi connectivity index (χ0) is 19.9. The van der Waals surface area contributed by atoms with Crippen LogP contribution in [0, 0.1) is 0 Å². The van der Waals surface area contributed by atoms with Gasteiger partial charge in [0.2, 0.25) is 0 Å². The normalized spacial score (nSPS) is 13.9. The number of hydrogen-bond donors (Lipinski definition) is 0. The Morgan fingerprint density at radius 1 is 0.846 bits per heavy atom.